The van der Waals surface area contributed by atoms with Gasteiger partial charge in [-0.15, -0.1) is 21.5 Å². The van der Waals surface area contributed by atoms with E-state index >= 15 is 0 Å². The van der Waals surface area contributed by atoms with Gasteiger partial charge in [0.15, 0.2) is 0 Å². The van der Waals surface area contributed by atoms with E-state index < -0.39 is 0 Å². The normalized spacial score (nSPS) is 12.2. The van der Waals surface area contributed by atoms with Gasteiger partial charge in [-0.05, 0) is 38.5 Å². The molecule has 0 radical (unpaired) electrons. The number of thioether (sulfide) groups is 1. The molecule has 142 valence electrons. The Morgan fingerprint density at radius 3 is 2.63 bits per heavy atom. The van der Waals surface area contributed by atoms with Crippen molar-refractivity contribution in [2.24, 2.45) is 0 Å². The van der Waals surface area contributed by atoms with Crippen LogP contribution in [0.25, 0.3) is 10.8 Å². The van der Waals surface area contributed by atoms with Gasteiger partial charge in [-0.2, -0.15) is 0 Å². The highest BCUT2D eigenvalue weighted by atomic mass is 32.2. The highest BCUT2D eigenvalue weighted by Crippen LogP contribution is 2.30. The van der Waals surface area contributed by atoms with Gasteiger partial charge in [-0.25, -0.2) is 9.37 Å². The quantitative estimate of drug-likeness (QED) is 0.570. The fourth-order valence-electron chi connectivity index (χ4n) is 2.50. The summed E-state index contributed by atoms with van der Waals surface area (Å²) in [7, 11) is 1.72. The number of hydrogen-bond donors (Lipinski definition) is 0. The fourth-order valence-corrected chi connectivity index (χ4v) is 4.02. The number of amides is 1. The molecular weight excluding hydrogens is 387 g/mol. The minimum absolute atomic E-state index is 0.0820. The van der Waals surface area contributed by atoms with E-state index in [4.69, 9.17) is 4.42 Å². The predicted octanol–water partition coefficient (Wildman–Crippen LogP) is 4.26. The number of nitrogens with zero attached hydrogens (tertiary/aromatic N) is 4. The van der Waals surface area contributed by atoms with E-state index in [9.17, 15) is 9.18 Å². The van der Waals surface area contributed by atoms with Crippen molar-refractivity contribution in [2.45, 2.75) is 32.0 Å². The second kappa shape index (κ2) is 8.18. The molecule has 2 aromatic heterocycles. The topological polar surface area (TPSA) is 72.1 Å². The van der Waals surface area contributed by atoms with Gasteiger partial charge in [0.2, 0.25) is 5.91 Å². The van der Waals surface area contributed by atoms with Gasteiger partial charge >= 0.3 is 0 Å². The lowest BCUT2D eigenvalue weighted by Gasteiger charge is -2.25. The Morgan fingerprint density at radius 1 is 1.30 bits per heavy atom. The van der Waals surface area contributed by atoms with E-state index in [0.717, 1.165) is 21.1 Å². The minimum atomic E-state index is -0.297. The van der Waals surface area contributed by atoms with Crippen LogP contribution in [0.5, 0.6) is 0 Å². The zero-order chi connectivity index (χ0) is 19.6. The number of carbonyl (C=O) groups excluding carboxylic acids is 1. The lowest BCUT2D eigenvalue weighted by molar-refractivity contribution is -0.128. The molecule has 3 aromatic rings. The smallest absolute Gasteiger partial charge is 0.277 e. The molecule has 0 aliphatic carbocycles. The zero-order valence-corrected chi connectivity index (χ0v) is 17.0. The Balaban J connectivity index is 1.60. The number of aryl methyl sites for hydroxylation is 2. The molecule has 9 heteroatoms. The second-order valence-corrected chi connectivity index (χ2v) is 8.17. The largest absolute Gasteiger partial charge is 0.410 e. The Kier molecular flexibility index (Phi) is 5.91. The molecule has 27 heavy (non-hydrogen) atoms. The number of carbonyl (C=O) groups is 1. The highest BCUT2D eigenvalue weighted by Gasteiger charge is 2.20. The van der Waals surface area contributed by atoms with Crippen LogP contribution in [0.3, 0.4) is 0 Å². The number of halogens is 1. The molecule has 0 aliphatic heterocycles. The maximum Gasteiger partial charge on any atom is 0.277 e. The molecular formula is C18H19FN4O2S2. The maximum atomic E-state index is 13.1. The molecule has 0 saturated heterocycles. The summed E-state index contributed by atoms with van der Waals surface area (Å²) in [6.07, 6.45) is 0. The van der Waals surface area contributed by atoms with Crippen molar-refractivity contribution in [2.75, 3.05) is 12.8 Å². The standard InChI is InChI=1S/C18H19FN4O2S2/c1-10-16(27-12(3)20-10)17-21-22-18(25-17)26-9-15(24)23(4)11(2)13-5-7-14(19)8-6-13/h5-8,11H,9H2,1-4H3. The van der Waals surface area contributed by atoms with Crippen LogP contribution >= 0.6 is 23.1 Å². The average molecular weight is 407 g/mol. The van der Waals surface area contributed by atoms with Gasteiger partial charge in [0, 0.05) is 7.05 Å². The number of aromatic nitrogens is 3. The van der Waals surface area contributed by atoms with Crippen molar-refractivity contribution < 1.29 is 13.6 Å². The first kappa shape index (κ1) is 19.5. The minimum Gasteiger partial charge on any atom is -0.410 e. The van der Waals surface area contributed by atoms with Crippen molar-refractivity contribution in [3.63, 3.8) is 0 Å². The second-order valence-electron chi connectivity index (χ2n) is 6.04. The average Bonchev–Trinajstić information content (AvgIpc) is 3.24. The Bertz CT molecular complexity index is 939. The first-order valence-electron chi connectivity index (χ1n) is 8.27. The first-order chi connectivity index (χ1) is 12.8. The maximum absolute atomic E-state index is 13.1. The summed E-state index contributed by atoms with van der Waals surface area (Å²) < 4.78 is 18.7. The van der Waals surface area contributed by atoms with Crippen LogP contribution < -0.4 is 0 Å². The third-order valence-electron chi connectivity index (χ3n) is 4.15. The van der Waals surface area contributed by atoms with Crippen molar-refractivity contribution in [3.8, 4) is 10.8 Å². The third-order valence-corrected chi connectivity index (χ3v) is 6.01. The summed E-state index contributed by atoms with van der Waals surface area (Å²) in [5.41, 5.74) is 1.72. The van der Waals surface area contributed by atoms with Gasteiger partial charge in [0.1, 0.15) is 10.7 Å². The summed E-state index contributed by atoms with van der Waals surface area (Å²) in [4.78, 5) is 19.3. The van der Waals surface area contributed by atoms with E-state index in [1.165, 1.54) is 35.2 Å². The van der Waals surface area contributed by atoms with Crippen LogP contribution in [0.4, 0.5) is 4.39 Å². The van der Waals surface area contributed by atoms with E-state index in [1.54, 1.807) is 24.1 Å². The van der Waals surface area contributed by atoms with Crippen LogP contribution in [-0.4, -0.2) is 38.8 Å². The zero-order valence-electron chi connectivity index (χ0n) is 15.4. The Morgan fingerprint density at radius 2 is 2.00 bits per heavy atom. The van der Waals surface area contributed by atoms with Gasteiger partial charge in [0.05, 0.1) is 22.5 Å². The predicted molar refractivity (Wildman–Crippen MR) is 103 cm³/mol. The SMILES string of the molecule is Cc1nc(C)c(-c2nnc(SCC(=O)N(C)C(C)c3ccc(F)cc3)o2)s1. The van der Waals surface area contributed by atoms with E-state index in [1.807, 2.05) is 20.8 Å². The number of hydrogen-bond acceptors (Lipinski definition) is 7. The third kappa shape index (κ3) is 4.54. The molecule has 1 unspecified atom stereocenters. The van der Waals surface area contributed by atoms with Crippen LogP contribution in [-0.2, 0) is 4.79 Å². The van der Waals surface area contributed by atoms with Crippen molar-refractivity contribution in [3.05, 3.63) is 46.3 Å². The van der Waals surface area contributed by atoms with Gasteiger partial charge < -0.3 is 9.32 Å². The van der Waals surface area contributed by atoms with Crippen LogP contribution in [0, 0.1) is 19.7 Å². The molecule has 1 atom stereocenters. The summed E-state index contributed by atoms with van der Waals surface area (Å²) in [6, 6.07) is 5.98. The van der Waals surface area contributed by atoms with Crippen molar-refractivity contribution in [1.29, 1.82) is 0 Å². The van der Waals surface area contributed by atoms with E-state index in [2.05, 4.69) is 15.2 Å². The van der Waals surface area contributed by atoms with Crippen LogP contribution in [0.1, 0.15) is 29.2 Å². The molecule has 1 amide bonds. The summed E-state index contributed by atoms with van der Waals surface area (Å²) in [5, 5.41) is 9.32. The van der Waals surface area contributed by atoms with Crippen molar-refractivity contribution in [1.82, 2.24) is 20.1 Å². The molecule has 2 heterocycles. The molecule has 0 aliphatic rings. The number of benzene rings is 1. The molecule has 3 rings (SSSR count). The Hall–Kier alpha value is -2.26. The Labute approximate surface area is 164 Å². The molecule has 0 fully saturated rings. The molecule has 0 saturated carbocycles. The first-order valence-corrected chi connectivity index (χ1v) is 10.1. The lowest BCUT2D eigenvalue weighted by Crippen LogP contribution is -2.31. The molecule has 0 spiro atoms. The summed E-state index contributed by atoms with van der Waals surface area (Å²) >= 11 is 2.69. The van der Waals surface area contributed by atoms with Gasteiger partial charge in [-0.1, -0.05) is 23.9 Å². The molecule has 0 N–H and O–H groups in total. The molecule has 6 nitrogen and oxygen atoms in total. The summed E-state index contributed by atoms with van der Waals surface area (Å²) in [5.74, 6) is 0.209. The fraction of sp³-hybridized carbons (Fsp3) is 0.333. The van der Waals surface area contributed by atoms with Gasteiger partial charge in [-0.3, -0.25) is 4.79 Å². The van der Waals surface area contributed by atoms with E-state index in [-0.39, 0.29) is 23.5 Å². The monoisotopic (exact) mass is 406 g/mol. The number of thiazole rings is 1. The van der Waals surface area contributed by atoms with E-state index in [0.29, 0.717) is 11.1 Å². The summed E-state index contributed by atoms with van der Waals surface area (Å²) in [6.45, 7) is 5.71. The lowest BCUT2D eigenvalue weighted by atomic mass is 10.1. The molecule has 0 bridgehead atoms. The van der Waals surface area contributed by atoms with Crippen LogP contribution in [0.2, 0.25) is 0 Å². The van der Waals surface area contributed by atoms with Gasteiger partial charge in [0.25, 0.3) is 11.1 Å². The van der Waals surface area contributed by atoms with Crippen molar-refractivity contribution >= 4 is 29.0 Å². The highest BCUT2D eigenvalue weighted by molar-refractivity contribution is 7.99. The number of rotatable bonds is 6. The van der Waals surface area contributed by atoms with Crippen LogP contribution in [0.15, 0.2) is 33.9 Å². The molecule has 1 aromatic carbocycles.